The number of piperidine rings is 1. The molecule has 0 aromatic heterocycles. The maximum Gasteiger partial charge on any atom is 0.224 e. The van der Waals surface area contributed by atoms with E-state index in [2.05, 4.69) is 40.5 Å². The van der Waals surface area contributed by atoms with Crippen LogP contribution in [0.3, 0.4) is 0 Å². The summed E-state index contributed by atoms with van der Waals surface area (Å²) in [5, 5.41) is 14.3. The molecule has 0 bridgehead atoms. The number of carbonyl (C=O) groups excluding carboxylic acids is 1. The highest BCUT2D eigenvalue weighted by Gasteiger charge is 2.25. The minimum Gasteiger partial charge on any atom is -0.387 e. The Kier molecular flexibility index (Phi) is 6.00. The fraction of sp³-hybridized carbons (Fsp3) is 0.435. The molecule has 0 aliphatic carbocycles. The zero-order valence-corrected chi connectivity index (χ0v) is 16.8. The second-order valence-corrected chi connectivity index (χ2v) is 8.37. The molecular weight excluding hydrogens is 372 g/mol. The quantitative estimate of drug-likeness (QED) is 0.793. The number of β-amino-alcohol motifs (C(OH)–C–C–N with tert-alkyl or cyclic N) is 1. The summed E-state index contributed by atoms with van der Waals surface area (Å²) in [6, 6.07) is 14.4. The number of rotatable bonds is 5. The number of aliphatic hydroxyl groups excluding tert-OH is 1. The van der Waals surface area contributed by atoms with Gasteiger partial charge in [0.05, 0.1) is 11.1 Å². The van der Waals surface area contributed by atoms with Crippen molar-refractivity contribution in [1.29, 1.82) is 0 Å². The molecule has 1 atom stereocenters. The minimum absolute atomic E-state index is 0.0234. The SMILES string of the molecule is O=C1CCc2c(ccc(C(O)CN3CCC(Cc4ccccc4)CC3)c2Cl)N1. The Hall–Kier alpha value is -1.88. The van der Waals surface area contributed by atoms with Gasteiger partial charge in [-0.05, 0) is 61.9 Å². The lowest BCUT2D eigenvalue weighted by atomic mass is 9.90. The molecule has 2 aliphatic heterocycles. The highest BCUT2D eigenvalue weighted by Crippen LogP contribution is 2.35. The van der Waals surface area contributed by atoms with Crippen molar-refractivity contribution in [3.63, 3.8) is 0 Å². The predicted octanol–water partition coefficient (Wildman–Crippen LogP) is 4.21. The van der Waals surface area contributed by atoms with Gasteiger partial charge in [-0.3, -0.25) is 4.79 Å². The normalized spacial score (nSPS) is 19.1. The van der Waals surface area contributed by atoms with Gasteiger partial charge in [0.15, 0.2) is 0 Å². The highest BCUT2D eigenvalue weighted by atomic mass is 35.5. The van der Waals surface area contributed by atoms with E-state index in [0.29, 0.717) is 30.3 Å². The van der Waals surface area contributed by atoms with Crippen LogP contribution in [0.5, 0.6) is 0 Å². The average molecular weight is 399 g/mol. The molecule has 1 amide bonds. The zero-order chi connectivity index (χ0) is 19.5. The molecule has 28 heavy (non-hydrogen) atoms. The minimum atomic E-state index is -0.610. The molecule has 2 aromatic rings. The Morgan fingerprint density at radius 1 is 1.11 bits per heavy atom. The van der Waals surface area contributed by atoms with Crippen LogP contribution in [0.2, 0.25) is 5.02 Å². The van der Waals surface area contributed by atoms with Crippen LogP contribution in [0.1, 0.15) is 42.1 Å². The number of hydrogen-bond acceptors (Lipinski definition) is 3. The summed E-state index contributed by atoms with van der Waals surface area (Å²) < 4.78 is 0. The van der Waals surface area contributed by atoms with Crippen LogP contribution in [-0.4, -0.2) is 35.5 Å². The summed E-state index contributed by atoms with van der Waals surface area (Å²) >= 11 is 6.57. The Labute approximate surface area is 171 Å². The molecule has 2 N–H and O–H groups in total. The number of hydrogen-bond donors (Lipinski definition) is 2. The topological polar surface area (TPSA) is 52.6 Å². The Bertz CT molecular complexity index is 832. The van der Waals surface area contributed by atoms with Gasteiger partial charge in [0, 0.05) is 24.2 Å². The third kappa shape index (κ3) is 4.40. The first-order valence-electron chi connectivity index (χ1n) is 10.2. The predicted molar refractivity (Wildman–Crippen MR) is 113 cm³/mol. The lowest BCUT2D eigenvalue weighted by Gasteiger charge is -2.33. The van der Waals surface area contributed by atoms with Crippen LogP contribution in [0.4, 0.5) is 5.69 Å². The van der Waals surface area contributed by atoms with E-state index in [9.17, 15) is 9.90 Å². The molecule has 4 nitrogen and oxygen atoms in total. The number of nitrogens with one attached hydrogen (secondary N) is 1. The van der Waals surface area contributed by atoms with Crippen molar-refractivity contribution >= 4 is 23.2 Å². The molecule has 1 fully saturated rings. The number of halogens is 1. The first kappa shape index (κ1) is 19.4. The summed E-state index contributed by atoms with van der Waals surface area (Å²) in [5.74, 6) is 0.738. The van der Waals surface area contributed by atoms with Crippen molar-refractivity contribution in [1.82, 2.24) is 4.90 Å². The van der Waals surface area contributed by atoms with E-state index in [0.717, 1.165) is 49.2 Å². The van der Waals surface area contributed by atoms with Gasteiger partial charge in [-0.15, -0.1) is 0 Å². The number of amides is 1. The monoisotopic (exact) mass is 398 g/mol. The molecule has 4 rings (SSSR count). The molecule has 148 valence electrons. The summed E-state index contributed by atoms with van der Waals surface area (Å²) in [4.78, 5) is 13.9. The van der Waals surface area contributed by atoms with Crippen LogP contribution in [0.25, 0.3) is 0 Å². The van der Waals surface area contributed by atoms with E-state index in [1.54, 1.807) is 0 Å². The maximum absolute atomic E-state index is 11.6. The second kappa shape index (κ2) is 8.64. The molecule has 5 heteroatoms. The number of nitrogens with zero attached hydrogens (tertiary/aromatic N) is 1. The maximum atomic E-state index is 11.6. The molecule has 0 radical (unpaired) electrons. The standard InChI is InChI=1S/C23H27ClN2O2/c24-23-18-7-9-22(28)25-20(18)8-6-19(23)21(27)15-26-12-10-17(11-13-26)14-16-4-2-1-3-5-16/h1-6,8,17,21,27H,7,9-15H2,(H,25,28). The first-order chi connectivity index (χ1) is 13.6. The van der Waals surface area contributed by atoms with Gasteiger partial charge in [0.2, 0.25) is 5.91 Å². The van der Waals surface area contributed by atoms with E-state index < -0.39 is 6.10 Å². The van der Waals surface area contributed by atoms with Crippen molar-refractivity contribution < 1.29 is 9.90 Å². The number of aliphatic hydroxyl groups is 1. The Morgan fingerprint density at radius 3 is 2.61 bits per heavy atom. The largest absolute Gasteiger partial charge is 0.387 e. The molecule has 1 saturated heterocycles. The highest BCUT2D eigenvalue weighted by molar-refractivity contribution is 6.32. The van der Waals surface area contributed by atoms with Crippen LogP contribution >= 0.6 is 11.6 Å². The van der Waals surface area contributed by atoms with Gasteiger partial charge in [0.25, 0.3) is 0 Å². The van der Waals surface area contributed by atoms with Crippen molar-refractivity contribution in [3.8, 4) is 0 Å². The summed E-state index contributed by atoms with van der Waals surface area (Å²) in [5.41, 5.74) is 3.90. The van der Waals surface area contributed by atoms with Gasteiger partial charge < -0.3 is 15.3 Å². The molecule has 2 aromatic carbocycles. The van der Waals surface area contributed by atoms with Gasteiger partial charge in [-0.2, -0.15) is 0 Å². The van der Waals surface area contributed by atoms with E-state index >= 15 is 0 Å². The molecule has 2 heterocycles. The van der Waals surface area contributed by atoms with E-state index in [-0.39, 0.29) is 5.91 Å². The fourth-order valence-electron chi connectivity index (χ4n) is 4.37. The smallest absolute Gasteiger partial charge is 0.224 e. The van der Waals surface area contributed by atoms with Gasteiger partial charge in [0.1, 0.15) is 0 Å². The summed E-state index contributed by atoms with van der Waals surface area (Å²) in [6.45, 7) is 2.61. The van der Waals surface area contributed by atoms with Crippen molar-refractivity contribution in [2.45, 2.75) is 38.2 Å². The number of carbonyl (C=O) groups is 1. The first-order valence-corrected chi connectivity index (χ1v) is 10.5. The Morgan fingerprint density at radius 2 is 1.86 bits per heavy atom. The van der Waals surface area contributed by atoms with Crippen molar-refractivity contribution in [2.75, 3.05) is 25.0 Å². The molecule has 0 spiro atoms. The molecule has 2 aliphatic rings. The van der Waals surface area contributed by atoms with Gasteiger partial charge in [-0.25, -0.2) is 0 Å². The van der Waals surface area contributed by atoms with Crippen LogP contribution in [-0.2, 0) is 17.6 Å². The molecule has 0 saturated carbocycles. The van der Waals surface area contributed by atoms with Crippen LogP contribution in [0, 0.1) is 5.92 Å². The third-order valence-electron chi connectivity index (χ3n) is 6.01. The van der Waals surface area contributed by atoms with E-state index in [1.807, 2.05) is 12.1 Å². The van der Waals surface area contributed by atoms with E-state index in [4.69, 9.17) is 11.6 Å². The average Bonchev–Trinajstić information content (AvgIpc) is 2.70. The van der Waals surface area contributed by atoms with Crippen molar-refractivity contribution in [3.05, 3.63) is 64.2 Å². The number of benzene rings is 2. The number of anilines is 1. The Balaban J connectivity index is 1.33. The van der Waals surface area contributed by atoms with Gasteiger partial charge >= 0.3 is 0 Å². The third-order valence-corrected chi connectivity index (χ3v) is 6.46. The van der Waals surface area contributed by atoms with Crippen molar-refractivity contribution in [2.24, 2.45) is 5.92 Å². The second-order valence-electron chi connectivity index (χ2n) is 7.99. The van der Waals surface area contributed by atoms with E-state index in [1.165, 1.54) is 5.56 Å². The fourth-order valence-corrected chi connectivity index (χ4v) is 4.76. The van der Waals surface area contributed by atoms with Crippen LogP contribution in [0.15, 0.2) is 42.5 Å². The lowest BCUT2D eigenvalue weighted by molar-refractivity contribution is -0.116. The molecule has 1 unspecified atom stereocenters. The molecular formula is C23H27ClN2O2. The van der Waals surface area contributed by atoms with Crippen LogP contribution < -0.4 is 5.32 Å². The zero-order valence-electron chi connectivity index (χ0n) is 16.0. The summed E-state index contributed by atoms with van der Waals surface area (Å²) in [6.07, 6.45) is 3.92. The van der Waals surface area contributed by atoms with Gasteiger partial charge in [-0.1, -0.05) is 48.0 Å². The number of likely N-dealkylation sites (tertiary alicyclic amines) is 1. The lowest BCUT2D eigenvalue weighted by Crippen LogP contribution is -2.37. The summed E-state index contributed by atoms with van der Waals surface area (Å²) in [7, 11) is 0. The number of fused-ring (bicyclic) bond motifs is 1.